The minimum absolute atomic E-state index is 0.00513. The maximum Gasteiger partial charge on any atom is 0.231 e. The Kier molecular flexibility index (Phi) is 6.80. The number of methoxy groups -OCH3 is 2. The summed E-state index contributed by atoms with van der Waals surface area (Å²) in [6.07, 6.45) is 6.18. The van der Waals surface area contributed by atoms with Crippen LogP contribution in [0.1, 0.15) is 54.1 Å². The second kappa shape index (κ2) is 10.4. The van der Waals surface area contributed by atoms with E-state index in [4.69, 9.17) is 23.9 Å². The number of hydrogen-bond acceptors (Lipinski definition) is 7. The van der Waals surface area contributed by atoms with Crippen molar-refractivity contribution in [3.05, 3.63) is 83.2 Å². The van der Waals surface area contributed by atoms with Gasteiger partial charge in [-0.25, -0.2) is 0 Å². The number of benzene rings is 2. The van der Waals surface area contributed by atoms with Gasteiger partial charge in [0.1, 0.15) is 11.5 Å². The average molecular weight is 515 g/mol. The van der Waals surface area contributed by atoms with Crippen LogP contribution in [0.5, 0.6) is 17.2 Å². The summed E-state index contributed by atoms with van der Waals surface area (Å²) >= 11 is 0. The lowest BCUT2D eigenvalue weighted by atomic mass is 9.88. The standard InChI is InChI=1S/C31H34N2O5/c1-35-19-24-6-5-15-33(24)30(25-7-3-4-8-26(25)36-2)21-9-11-23(32-18-21)17-29(34)31(13-14-31)22-10-12-27-28(16-22)38-20-37-27/h3-4,7-12,16,18,24,30H,5-6,13-15,17,19-20H2,1-2H3. The van der Waals surface area contributed by atoms with Crippen molar-refractivity contribution in [3.8, 4) is 17.2 Å². The van der Waals surface area contributed by atoms with Crippen molar-refractivity contribution in [2.24, 2.45) is 0 Å². The molecule has 0 radical (unpaired) electrons. The number of hydrogen-bond donors (Lipinski definition) is 0. The van der Waals surface area contributed by atoms with E-state index in [9.17, 15) is 4.79 Å². The van der Waals surface area contributed by atoms with Crippen molar-refractivity contribution < 1.29 is 23.7 Å². The molecule has 2 atom stereocenters. The number of rotatable bonds is 10. The van der Waals surface area contributed by atoms with Crippen LogP contribution in [-0.4, -0.2) is 55.9 Å². The van der Waals surface area contributed by atoms with Gasteiger partial charge < -0.3 is 18.9 Å². The van der Waals surface area contributed by atoms with Crippen LogP contribution in [-0.2, 0) is 21.4 Å². The van der Waals surface area contributed by atoms with E-state index in [1.54, 1.807) is 14.2 Å². The SMILES string of the molecule is COCC1CCCN1C(c1ccc(CC(=O)C2(c3ccc4c(c3)OCO4)CC2)nc1)c1ccccc1OC. The lowest BCUT2D eigenvalue weighted by Crippen LogP contribution is -2.37. The number of fused-ring (bicyclic) bond motifs is 1. The highest BCUT2D eigenvalue weighted by Gasteiger charge is 2.51. The van der Waals surface area contributed by atoms with E-state index in [2.05, 4.69) is 23.1 Å². The number of carbonyl (C=O) groups excluding carboxylic acids is 1. The number of aromatic nitrogens is 1. The zero-order valence-electron chi connectivity index (χ0n) is 22.0. The number of para-hydroxylation sites is 1. The van der Waals surface area contributed by atoms with E-state index in [-0.39, 0.29) is 18.6 Å². The molecule has 2 aromatic carbocycles. The van der Waals surface area contributed by atoms with E-state index in [1.165, 1.54) is 0 Å². The van der Waals surface area contributed by atoms with Crippen LogP contribution in [0.2, 0.25) is 0 Å². The molecule has 7 nitrogen and oxygen atoms in total. The van der Waals surface area contributed by atoms with Crippen molar-refractivity contribution in [2.45, 2.75) is 49.6 Å². The fourth-order valence-electron chi connectivity index (χ4n) is 6.09. The van der Waals surface area contributed by atoms with Crippen LogP contribution in [0.25, 0.3) is 0 Å². The molecule has 198 valence electrons. The van der Waals surface area contributed by atoms with Crippen molar-refractivity contribution in [3.63, 3.8) is 0 Å². The normalized spacial score (nSPS) is 20.3. The van der Waals surface area contributed by atoms with Crippen molar-refractivity contribution in [1.29, 1.82) is 0 Å². The molecule has 1 aromatic heterocycles. The summed E-state index contributed by atoms with van der Waals surface area (Å²) in [6, 6.07) is 18.5. The molecule has 7 heteroatoms. The Hall–Kier alpha value is -3.42. The molecular weight excluding hydrogens is 480 g/mol. The minimum atomic E-state index is -0.440. The van der Waals surface area contributed by atoms with Gasteiger partial charge in [0.05, 0.1) is 25.2 Å². The third-order valence-electron chi connectivity index (χ3n) is 8.26. The fraction of sp³-hybridized carbons (Fsp3) is 0.419. The van der Waals surface area contributed by atoms with Gasteiger partial charge in [-0.3, -0.25) is 14.7 Å². The summed E-state index contributed by atoms with van der Waals surface area (Å²) < 4.78 is 22.3. The van der Waals surface area contributed by atoms with Gasteiger partial charge in [0.2, 0.25) is 6.79 Å². The van der Waals surface area contributed by atoms with Gasteiger partial charge >= 0.3 is 0 Å². The molecule has 0 N–H and O–H groups in total. The predicted octanol–water partition coefficient (Wildman–Crippen LogP) is 4.86. The lowest BCUT2D eigenvalue weighted by molar-refractivity contribution is -0.120. The van der Waals surface area contributed by atoms with Gasteiger partial charge in [-0.2, -0.15) is 0 Å². The quantitative estimate of drug-likeness (QED) is 0.383. The zero-order valence-corrected chi connectivity index (χ0v) is 22.0. The van der Waals surface area contributed by atoms with Gasteiger partial charge in [-0.15, -0.1) is 0 Å². The minimum Gasteiger partial charge on any atom is -0.496 e. The first-order valence-corrected chi connectivity index (χ1v) is 13.4. The topological polar surface area (TPSA) is 70.1 Å². The van der Waals surface area contributed by atoms with Crippen molar-refractivity contribution in [1.82, 2.24) is 9.88 Å². The first-order valence-electron chi connectivity index (χ1n) is 13.4. The number of Topliss-reactive ketones (excluding diaryl/α,β-unsaturated/α-hetero) is 1. The molecule has 2 unspecified atom stereocenters. The third-order valence-corrected chi connectivity index (χ3v) is 8.26. The summed E-state index contributed by atoms with van der Waals surface area (Å²) in [5.41, 5.74) is 3.57. The monoisotopic (exact) mass is 514 g/mol. The Balaban J connectivity index is 1.25. The zero-order chi connectivity index (χ0) is 26.1. The third kappa shape index (κ3) is 4.54. The summed E-state index contributed by atoms with van der Waals surface area (Å²) in [5.74, 6) is 2.53. The molecular formula is C31H34N2O5. The van der Waals surface area contributed by atoms with Gasteiger partial charge in [0.25, 0.3) is 0 Å². The van der Waals surface area contributed by atoms with Crippen LogP contribution < -0.4 is 14.2 Å². The van der Waals surface area contributed by atoms with E-state index in [1.807, 2.05) is 42.6 Å². The smallest absolute Gasteiger partial charge is 0.231 e. The Morgan fingerprint density at radius 1 is 1.11 bits per heavy atom. The van der Waals surface area contributed by atoms with E-state index in [0.717, 1.165) is 71.9 Å². The Bertz CT molecular complexity index is 1300. The molecule has 38 heavy (non-hydrogen) atoms. The van der Waals surface area contributed by atoms with Gasteiger partial charge in [-0.05, 0) is 67.6 Å². The maximum atomic E-state index is 13.5. The van der Waals surface area contributed by atoms with E-state index >= 15 is 0 Å². The fourth-order valence-corrected chi connectivity index (χ4v) is 6.09. The highest BCUT2D eigenvalue weighted by atomic mass is 16.7. The largest absolute Gasteiger partial charge is 0.496 e. The van der Waals surface area contributed by atoms with Crippen molar-refractivity contribution >= 4 is 5.78 Å². The number of likely N-dealkylation sites (tertiary alicyclic amines) is 1. The summed E-state index contributed by atoms with van der Waals surface area (Å²) in [5, 5.41) is 0. The molecule has 3 aromatic rings. The molecule has 6 rings (SSSR count). The molecule has 3 aliphatic rings. The molecule has 2 fully saturated rings. The Morgan fingerprint density at radius 3 is 2.71 bits per heavy atom. The van der Waals surface area contributed by atoms with Gasteiger partial charge in [0.15, 0.2) is 11.5 Å². The first kappa shape index (κ1) is 24.9. The Labute approximate surface area is 223 Å². The number of nitrogens with zero attached hydrogens (tertiary/aromatic N) is 2. The number of carbonyl (C=O) groups is 1. The van der Waals surface area contributed by atoms with Crippen LogP contribution in [0, 0.1) is 0 Å². The van der Waals surface area contributed by atoms with E-state index < -0.39 is 5.41 Å². The van der Waals surface area contributed by atoms with Gasteiger partial charge in [0, 0.05) is 37.0 Å². The summed E-state index contributed by atoms with van der Waals surface area (Å²) in [4.78, 5) is 20.8. The van der Waals surface area contributed by atoms with Crippen LogP contribution in [0.3, 0.4) is 0 Å². The molecule has 1 saturated carbocycles. The lowest BCUT2D eigenvalue weighted by Gasteiger charge is -2.34. The van der Waals surface area contributed by atoms with E-state index in [0.29, 0.717) is 19.1 Å². The second-order valence-electron chi connectivity index (χ2n) is 10.5. The average Bonchev–Trinajstić information content (AvgIpc) is 3.42. The molecule has 1 saturated heterocycles. The molecule has 1 aliphatic carbocycles. The highest BCUT2D eigenvalue weighted by Crippen LogP contribution is 2.51. The molecule has 0 bridgehead atoms. The first-order chi connectivity index (χ1) is 18.6. The van der Waals surface area contributed by atoms with Crippen LogP contribution >= 0.6 is 0 Å². The summed E-state index contributed by atoms with van der Waals surface area (Å²) in [6.45, 7) is 1.90. The van der Waals surface area contributed by atoms with Crippen LogP contribution in [0.4, 0.5) is 0 Å². The second-order valence-corrected chi connectivity index (χ2v) is 10.5. The number of pyridine rings is 1. The van der Waals surface area contributed by atoms with Crippen LogP contribution in [0.15, 0.2) is 60.8 Å². The molecule has 0 spiro atoms. The predicted molar refractivity (Wildman–Crippen MR) is 143 cm³/mol. The maximum absolute atomic E-state index is 13.5. The molecule has 0 amide bonds. The van der Waals surface area contributed by atoms with Crippen molar-refractivity contribution in [2.75, 3.05) is 34.2 Å². The van der Waals surface area contributed by atoms with Gasteiger partial charge in [-0.1, -0.05) is 30.3 Å². The number of ether oxygens (including phenoxy) is 4. The molecule has 2 aliphatic heterocycles. The number of ketones is 1. The highest BCUT2D eigenvalue weighted by molar-refractivity contribution is 5.94. The Morgan fingerprint density at radius 2 is 1.95 bits per heavy atom. The summed E-state index contributed by atoms with van der Waals surface area (Å²) in [7, 11) is 3.48. The molecule has 3 heterocycles.